The summed E-state index contributed by atoms with van der Waals surface area (Å²) in [6, 6.07) is 5.98. The zero-order valence-corrected chi connectivity index (χ0v) is 14.0. The predicted molar refractivity (Wildman–Crippen MR) is 90.4 cm³/mol. The Morgan fingerprint density at radius 3 is 3.13 bits per heavy atom. The first kappa shape index (κ1) is 16.0. The van der Waals surface area contributed by atoms with Crippen LogP contribution >= 0.6 is 0 Å². The zero-order valence-electron chi connectivity index (χ0n) is 14.0. The van der Waals surface area contributed by atoms with Gasteiger partial charge in [0.15, 0.2) is 0 Å². The minimum Gasteiger partial charge on any atom is -0.378 e. The molecule has 2 aromatic rings. The fourth-order valence-electron chi connectivity index (χ4n) is 3.16. The van der Waals surface area contributed by atoms with Crippen molar-refractivity contribution in [1.29, 1.82) is 0 Å². The zero-order chi connectivity index (χ0) is 16.2. The van der Waals surface area contributed by atoms with Crippen molar-refractivity contribution in [3.05, 3.63) is 29.6 Å². The van der Waals surface area contributed by atoms with Crippen molar-refractivity contribution in [3.8, 4) is 0 Å². The smallest absolute Gasteiger partial charge is 0.226 e. The SMILES string of the molecule is Cc1nc2ccc(CC(=O)N(C)CCCC3CCCO3)cc2[nH]1. The molecule has 5 heteroatoms. The van der Waals surface area contributed by atoms with Gasteiger partial charge in [-0.2, -0.15) is 0 Å². The van der Waals surface area contributed by atoms with E-state index < -0.39 is 0 Å². The number of H-pyrrole nitrogens is 1. The number of fused-ring (bicyclic) bond motifs is 1. The van der Waals surface area contributed by atoms with E-state index in [1.807, 2.05) is 37.1 Å². The van der Waals surface area contributed by atoms with Crippen molar-refractivity contribution < 1.29 is 9.53 Å². The van der Waals surface area contributed by atoms with Crippen LogP contribution in [0, 0.1) is 6.92 Å². The molecule has 1 N–H and O–H groups in total. The van der Waals surface area contributed by atoms with Gasteiger partial charge in [-0.25, -0.2) is 4.98 Å². The van der Waals surface area contributed by atoms with Gasteiger partial charge in [-0.05, 0) is 50.3 Å². The number of rotatable bonds is 6. The van der Waals surface area contributed by atoms with Gasteiger partial charge in [0.25, 0.3) is 0 Å². The molecule has 1 aromatic carbocycles. The summed E-state index contributed by atoms with van der Waals surface area (Å²) < 4.78 is 5.62. The molecule has 5 nitrogen and oxygen atoms in total. The number of hydrogen-bond acceptors (Lipinski definition) is 3. The number of imidazole rings is 1. The molecule has 124 valence electrons. The Morgan fingerprint density at radius 2 is 2.35 bits per heavy atom. The summed E-state index contributed by atoms with van der Waals surface area (Å²) >= 11 is 0. The number of nitrogens with zero attached hydrogens (tertiary/aromatic N) is 2. The van der Waals surface area contributed by atoms with Crippen molar-refractivity contribution in [2.45, 2.75) is 45.1 Å². The lowest BCUT2D eigenvalue weighted by Crippen LogP contribution is -2.29. The van der Waals surface area contributed by atoms with Gasteiger partial charge >= 0.3 is 0 Å². The molecule has 0 aliphatic carbocycles. The van der Waals surface area contributed by atoms with Crippen LogP contribution in [0.2, 0.25) is 0 Å². The Kier molecular flexibility index (Phi) is 4.96. The van der Waals surface area contributed by atoms with Gasteiger partial charge in [0.05, 0.1) is 23.6 Å². The van der Waals surface area contributed by atoms with Crippen LogP contribution in [0.4, 0.5) is 0 Å². The standard InChI is InChI=1S/C18H25N3O2/c1-13-19-16-8-7-14(11-17(16)20-13)12-18(22)21(2)9-3-5-15-6-4-10-23-15/h7-8,11,15H,3-6,9-10,12H2,1-2H3,(H,19,20). The first-order valence-corrected chi connectivity index (χ1v) is 8.42. The maximum Gasteiger partial charge on any atom is 0.226 e. The monoisotopic (exact) mass is 315 g/mol. The summed E-state index contributed by atoms with van der Waals surface area (Å²) in [6.07, 6.45) is 5.24. The van der Waals surface area contributed by atoms with E-state index >= 15 is 0 Å². The Morgan fingerprint density at radius 1 is 1.48 bits per heavy atom. The van der Waals surface area contributed by atoms with Crippen molar-refractivity contribution in [2.75, 3.05) is 20.2 Å². The number of aryl methyl sites for hydroxylation is 1. The molecule has 2 heterocycles. The molecule has 23 heavy (non-hydrogen) atoms. The molecule has 0 spiro atoms. The van der Waals surface area contributed by atoms with E-state index in [0.29, 0.717) is 12.5 Å². The van der Waals surface area contributed by atoms with Gasteiger partial charge < -0.3 is 14.6 Å². The minimum absolute atomic E-state index is 0.160. The molecular weight excluding hydrogens is 290 g/mol. The van der Waals surface area contributed by atoms with Gasteiger partial charge in [0.2, 0.25) is 5.91 Å². The largest absolute Gasteiger partial charge is 0.378 e. The second kappa shape index (κ2) is 7.13. The molecule has 0 saturated carbocycles. The maximum atomic E-state index is 12.3. The Labute approximate surface area is 137 Å². The number of carbonyl (C=O) groups is 1. The fraction of sp³-hybridized carbons (Fsp3) is 0.556. The lowest BCUT2D eigenvalue weighted by Gasteiger charge is -2.18. The van der Waals surface area contributed by atoms with Crippen molar-refractivity contribution in [1.82, 2.24) is 14.9 Å². The second-order valence-electron chi connectivity index (χ2n) is 6.44. The predicted octanol–water partition coefficient (Wildman–Crippen LogP) is 2.83. The number of benzene rings is 1. The number of aromatic amines is 1. The molecule has 0 radical (unpaired) electrons. The summed E-state index contributed by atoms with van der Waals surface area (Å²) in [5.74, 6) is 1.06. The average Bonchev–Trinajstić information content (AvgIpc) is 3.15. The number of amides is 1. The van der Waals surface area contributed by atoms with Crippen molar-refractivity contribution in [2.24, 2.45) is 0 Å². The molecule has 1 aromatic heterocycles. The lowest BCUT2D eigenvalue weighted by atomic mass is 10.1. The number of carbonyl (C=O) groups excluding carboxylic acids is 1. The molecule has 1 atom stereocenters. The maximum absolute atomic E-state index is 12.3. The summed E-state index contributed by atoms with van der Waals surface area (Å²) in [5.41, 5.74) is 2.97. The molecule has 1 fully saturated rings. The molecule has 3 rings (SSSR count). The average molecular weight is 315 g/mol. The third-order valence-electron chi connectivity index (χ3n) is 4.49. The highest BCUT2D eigenvalue weighted by molar-refractivity contribution is 5.81. The van der Waals surface area contributed by atoms with Gasteiger partial charge in [-0.1, -0.05) is 6.07 Å². The topological polar surface area (TPSA) is 58.2 Å². The molecule has 0 bridgehead atoms. The number of hydrogen-bond donors (Lipinski definition) is 1. The number of ether oxygens (including phenoxy) is 1. The lowest BCUT2D eigenvalue weighted by molar-refractivity contribution is -0.129. The van der Waals surface area contributed by atoms with Crippen LogP contribution < -0.4 is 0 Å². The van der Waals surface area contributed by atoms with E-state index in [4.69, 9.17) is 4.74 Å². The van der Waals surface area contributed by atoms with Crippen molar-refractivity contribution >= 4 is 16.9 Å². The normalized spacial score (nSPS) is 17.7. The number of aromatic nitrogens is 2. The molecule has 1 aliphatic heterocycles. The first-order valence-electron chi connectivity index (χ1n) is 8.42. The highest BCUT2D eigenvalue weighted by Gasteiger charge is 2.16. The summed E-state index contributed by atoms with van der Waals surface area (Å²) in [7, 11) is 1.89. The van der Waals surface area contributed by atoms with Crippen LogP contribution in [0.1, 0.15) is 37.1 Å². The van der Waals surface area contributed by atoms with Crippen molar-refractivity contribution in [3.63, 3.8) is 0 Å². The van der Waals surface area contributed by atoms with Gasteiger partial charge in [-0.15, -0.1) is 0 Å². The molecule has 1 saturated heterocycles. The molecule has 1 unspecified atom stereocenters. The summed E-state index contributed by atoms with van der Waals surface area (Å²) in [5, 5.41) is 0. The third kappa shape index (κ3) is 4.10. The third-order valence-corrected chi connectivity index (χ3v) is 4.49. The van der Waals surface area contributed by atoms with Gasteiger partial charge in [0.1, 0.15) is 5.82 Å². The second-order valence-corrected chi connectivity index (χ2v) is 6.44. The van der Waals surface area contributed by atoms with E-state index in [-0.39, 0.29) is 5.91 Å². The highest BCUT2D eigenvalue weighted by Crippen LogP contribution is 2.17. The van der Waals surface area contributed by atoms with E-state index in [9.17, 15) is 4.79 Å². The van der Waals surface area contributed by atoms with Crippen LogP contribution in [0.15, 0.2) is 18.2 Å². The summed E-state index contributed by atoms with van der Waals surface area (Å²) in [4.78, 5) is 21.8. The summed E-state index contributed by atoms with van der Waals surface area (Å²) in [6.45, 7) is 3.63. The van der Waals surface area contributed by atoms with Gasteiger partial charge in [0, 0.05) is 20.2 Å². The van der Waals surface area contributed by atoms with Crippen LogP contribution in [-0.2, 0) is 16.0 Å². The minimum atomic E-state index is 0.160. The van der Waals surface area contributed by atoms with Crippen LogP contribution in [0.25, 0.3) is 11.0 Å². The Balaban J connectivity index is 1.50. The fourth-order valence-corrected chi connectivity index (χ4v) is 3.16. The molecule has 1 amide bonds. The van der Waals surface area contributed by atoms with Crippen LogP contribution in [-0.4, -0.2) is 47.1 Å². The van der Waals surface area contributed by atoms with Gasteiger partial charge in [-0.3, -0.25) is 4.79 Å². The Hall–Kier alpha value is -1.88. The molecule has 1 aliphatic rings. The Bertz CT molecular complexity index is 674. The number of likely N-dealkylation sites (N-methyl/N-ethyl adjacent to an activating group) is 1. The van der Waals surface area contributed by atoms with E-state index in [1.165, 1.54) is 12.8 Å². The van der Waals surface area contributed by atoms with E-state index in [0.717, 1.165) is 48.4 Å². The van der Waals surface area contributed by atoms with E-state index in [2.05, 4.69) is 9.97 Å². The van der Waals surface area contributed by atoms with Crippen LogP contribution in [0.3, 0.4) is 0 Å². The molecular formula is C18H25N3O2. The number of nitrogens with one attached hydrogen (secondary N) is 1. The van der Waals surface area contributed by atoms with E-state index in [1.54, 1.807) is 0 Å². The quantitative estimate of drug-likeness (QED) is 0.892. The first-order chi connectivity index (χ1) is 11.1. The highest BCUT2D eigenvalue weighted by atomic mass is 16.5. The van der Waals surface area contributed by atoms with Crippen LogP contribution in [0.5, 0.6) is 0 Å².